The van der Waals surface area contributed by atoms with Crippen LogP contribution in [0.1, 0.15) is 11.1 Å². The molecule has 0 unspecified atom stereocenters. The van der Waals surface area contributed by atoms with Crippen molar-refractivity contribution in [3.8, 4) is 17.3 Å². The van der Waals surface area contributed by atoms with Gasteiger partial charge in [0.05, 0.1) is 30.1 Å². The van der Waals surface area contributed by atoms with Crippen LogP contribution in [0.2, 0.25) is 0 Å². The van der Waals surface area contributed by atoms with Crippen molar-refractivity contribution in [1.29, 1.82) is 0 Å². The smallest absolute Gasteiger partial charge is 0.419 e. The number of nitrogens with one attached hydrogen (secondary N) is 1. The second-order valence-corrected chi connectivity index (χ2v) is 6.45. The Labute approximate surface area is 180 Å². The van der Waals surface area contributed by atoms with Crippen LogP contribution in [0.4, 0.5) is 38.0 Å². The highest BCUT2D eigenvalue weighted by atomic mass is 19.4. The molecule has 1 N–H and O–H groups in total. The van der Waals surface area contributed by atoms with Crippen LogP contribution in [0.15, 0.2) is 43.0 Å². The van der Waals surface area contributed by atoms with Crippen molar-refractivity contribution >= 4 is 22.8 Å². The zero-order chi connectivity index (χ0) is 23.8. The minimum Gasteiger partial charge on any atom is -0.481 e. The molecule has 4 heterocycles. The molecule has 8 nitrogen and oxygen atoms in total. The number of alkyl halides is 6. The summed E-state index contributed by atoms with van der Waals surface area (Å²) in [4.78, 5) is 23.3. The number of hydrogen-bond donors (Lipinski definition) is 1. The van der Waals surface area contributed by atoms with Gasteiger partial charge in [-0.05, 0) is 12.1 Å². The highest BCUT2D eigenvalue weighted by Gasteiger charge is 2.35. The second kappa shape index (κ2) is 8.11. The fourth-order valence-corrected chi connectivity index (χ4v) is 2.77. The largest absolute Gasteiger partial charge is 0.481 e. The van der Waals surface area contributed by atoms with Gasteiger partial charge in [-0.2, -0.15) is 26.3 Å². The maximum Gasteiger partial charge on any atom is 0.419 e. The first-order valence-electron chi connectivity index (χ1n) is 8.97. The summed E-state index contributed by atoms with van der Waals surface area (Å²) in [5, 5.41) is 2.69. The maximum atomic E-state index is 13.5. The van der Waals surface area contributed by atoms with Crippen LogP contribution in [-0.2, 0) is 12.4 Å². The monoisotopic (exact) mass is 467 g/mol. The van der Waals surface area contributed by atoms with Gasteiger partial charge in [0.25, 0.3) is 0 Å². The summed E-state index contributed by atoms with van der Waals surface area (Å²) in [7, 11) is 1.26. The number of fused-ring (bicyclic) bond motifs is 1. The second-order valence-electron chi connectivity index (χ2n) is 6.45. The van der Waals surface area contributed by atoms with Gasteiger partial charge < -0.3 is 10.1 Å². The molecule has 0 saturated heterocycles. The van der Waals surface area contributed by atoms with Crippen LogP contribution >= 0.6 is 0 Å². The number of ether oxygens (including phenoxy) is 1. The van der Waals surface area contributed by atoms with Crippen molar-refractivity contribution in [2.75, 3.05) is 12.4 Å². The topological polar surface area (TPSA) is 98.6 Å². The molecular weight excluding hydrogens is 456 g/mol. The summed E-state index contributed by atoms with van der Waals surface area (Å²) in [5.74, 6) is -0.210. The molecule has 0 saturated carbocycles. The molecule has 4 aromatic heterocycles. The van der Waals surface area contributed by atoms with Crippen LogP contribution in [0.3, 0.4) is 0 Å². The van der Waals surface area contributed by atoms with Crippen molar-refractivity contribution in [3.63, 3.8) is 0 Å². The molecule has 170 valence electrons. The summed E-state index contributed by atoms with van der Waals surface area (Å²) in [5.41, 5.74) is -2.45. The van der Waals surface area contributed by atoms with Gasteiger partial charge in [0.15, 0.2) is 5.65 Å². The van der Waals surface area contributed by atoms with Crippen molar-refractivity contribution in [1.82, 2.24) is 29.9 Å². The Balaban J connectivity index is 1.73. The molecule has 0 aliphatic heterocycles. The van der Waals surface area contributed by atoms with E-state index in [-0.39, 0.29) is 34.4 Å². The predicted molar refractivity (Wildman–Crippen MR) is 102 cm³/mol. The van der Waals surface area contributed by atoms with Crippen LogP contribution in [0.5, 0.6) is 5.88 Å². The minimum absolute atomic E-state index is 0.0397. The van der Waals surface area contributed by atoms with Gasteiger partial charge in [-0.1, -0.05) is 0 Å². The molecule has 0 spiro atoms. The molecule has 0 radical (unpaired) electrons. The highest BCUT2D eigenvalue weighted by molar-refractivity contribution is 5.87. The molecule has 0 aliphatic rings. The zero-order valence-electron chi connectivity index (χ0n) is 16.4. The van der Waals surface area contributed by atoms with Crippen molar-refractivity contribution in [3.05, 3.63) is 54.1 Å². The number of anilines is 2. The van der Waals surface area contributed by atoms with E-state index < -0.39 is 29.2 Å². The average molecular weight is 467 g/mol. The number of pyridine rings is 2. The van der Waals surface area contributed by atoms with Crippen LogP contribution in [0.25, 0.3) is 22.6 Å². The molecular formula is C19H11F6N7O. The Hall–Kier alpha value is -4.10. The van der Waals surface area contributed by atoms with E-state index in [0.717, 1.165) is 18.3 Å². The Morgan fingerprint density at radius 1 is 0.818 bits per heavy atom. The van der Waals surface area contributed by atoms with E-state index in [4.69, 9.17) is 4.74 Å². The number of nitrogens with zero attached hydrogens (tertiary/aromatic N) is 6. The summed E-state index contributed by atoms with van der Waals surface area (Å²) in [6, 6.07) is 3.33. The SMILES string of the molecule is COc1ccc(C(F)(F)F)c(-c2cnc3c(Nc4ncc(C(F)(F)F)cn4)ccnc3n2)n1. The average Bonchev–Trinajstić information content (AvgIpc) is 2.77. The molecule has 0 fully saturated rings. The predicted octanol–water partition coefficient (Wildman–Crippen LogP) is 4.67. The van der Waals surface area contributed by atoms with E-state index in [1.165, 1.54) is 19.4 Å². The quantitative estimate of drug-likeness (QED) is 0.433. The third-order valence-corrected chi connectivity index (χ3v) is 4.30. The first kappa shape index (κ1) is 22.1. The van der Waals surface area contributed by atoms with E-state index in [1.807, 2.05) is 0 Å². The molecule has 0 bridgehead atoms. The first-order chi connectivity index (χ1) is 15.6. The summed E-state index contributed by atoms with van der Waals surface area (Å²) in [6.45, 7) is 0. The van der Waals surface area contributed by atoms with E-state index in [2.05, 4.69) is 35.2 Å². The van der Waals surface area contributed by atoms with E-state index in [0.29, 0.717) is 12.4 Å². The number of methoxy groups -OCH3 is 1. The number of aromatic nitrogens is 6. The van der Waals surface area contributed by atoms with E-state index in [9.17, 15) is 26.3 Å². The van der Waals surface area contributed by atoms with Gasteiger partial charge in [-0.15, -0.1) is 0 Å². The van der Waals surface area contributed by atoms with Gasteiger partial charge >= 0.3 is 12.4 Å². The molecule has 4 rings (SSSR count). The van der Waals surface area contributed by atoms with Gasteiger partial charge in [-0.25, -0.2) is 29.9 Å². The lowest BCUT2D eigenvalue weighted by Gasteiger charge is -2.13. The molecule has 14 heteroatoms. The minimum atomic E-state index is -4.71. The van der Waals surface area contributed by atoms with Gasteiger partial charge in [0, 0.05) is 24.7 Å². The highest BCUT2D eigenvalue weighted by Crippen LogP contribution is 2.37. The molecule has 0 atom stereocenters. The normalized spacial score (nSPS) is 12.1. The van der Waals surface area contributed by atoms with Crippen molar-refractivity contribution in [2.24, 2.45) is 0 Å². The lowest BCUT2D eigenvalue weighted by Crippen LogP contribution is -2.10. The first-order valence-corrected chi connectivity index (χ1v) is 8.97. The van der Waals surface area contributed by atoms with Crippen LogP contribution < -0.4 is 10.1 Å². The Morgan fingerprint density at radius 3 is 2.18 bits per heavy atom. The maximum absolute atomic E-state index is 13.5. The van der Waals surface area contributed by atoms with Crippen molar-refractivity contribution < 1.29 is 31.1 Å². The molecule has 0 aromatic carbocycles. The van der Waals surface area contributed by atoms with Gasteiger partial charge in [0.1, 0.15) is 16.9 Å². The Bertz CT molecular complexity index is 1310. The number of hydrogen-bond acceptors (Lipinski definition) is 8. The van der Waals surface area contributed by atoms with Crippen molar-refractivity contribution in [2.45, 2.75) is 12.4 Å². The van der Waals surface area contributed by atoms with Gasteiger partial charge in [0.2, 0.25) is 11.8 Å². The molecule has 0 aliphatic carbocycles. The summed E-state index contributed by atoms with van der Waals surface area (Å²) in [6.07, 6.45) is -5.73. The third kappa shape index (κ3) is 4.58. The Morgan fingerprint density at radius 2 is 1.55 bits per heavy atom. The van der Waals surface area contributed by atoms with E-state index in [1.54, 1.807) is 0 Å². The molecule has 33 heavy (non-hydrogen) atoms. The number of halogens is 6. The fourth-order valence-electron chi connectivity index (χ4n) is 2.77. The lowest BCUT2D eigenvalue weighted by molar-refractivity contribution is -0.138. The summed E-state index contributed by atoms with van der Waals surface area (Å²) < 4.78 is 83.3. The zero-order valence-corrected chi connectivity index (χ0v) is 16.4. The fraction of sp³-hybridized carbons (Fsp3) is 0.158. The Kier molecular flexibility index (Phi) is 5.43. The standard InChI is InChI=1S/C19H11F6N7O/c1-33-13-3-2-10(19(23,24)25)14(32-13)12-8-27-15-11(4-5-26-16(15)30-12)31-17-28-6-9(7-29-17)18(20,21)22/h2-8H,1H3,(H,26,28,29,30,31). The van der Waals surface area contributed by atoms with Gasteiger partial charge in [-0.3, -0.25) is 0 Å². The van der Waals surface area contributed by atoms with Crippen LogP contribution in [0, 0.1) is 0 Å². The lowest BCUT2D eigenvalue weighted by atomic mass is 10.1. The summed E-state index contributed by atoms with van der Waals surface area (Å²) >= 11 is 0. The third-order valence-electron chi connectivity index (χ3n) is 4.30. The molecule has 4 aromatic rings. The molecule has 0 amide bonds. The van der Waals surface area contributed by atoms with Crippen LogP contribution in [-0.4, -0.2) is 37.0 Å². The number of rotatable bonds is 4. The van der Waals surface area contributed by atoms with E-state index >= 15 is 0 Å².